The van der Waals surface area contributed by atoms with Gasteiger partial charge >= 0.3 is 12.1 Å². The highest BCUT2D eigenvalue weighted by Crippen LogP contribution is 2.19. The Hall–Kier alpha value is -3.52. The molecule has 1 aliphatic rings. The first-order valence-electron chi connectivity index (χ1n) is 13.2. The SMILES string of the molecule is Cc1ccc(S(=O)(=O)N(C)CC(=O)N(OC(=O)NN2CCOCC2)[C@@H](Cc2ccccc2)C(=O)OC(C)(C)C)cc1. The van der Waals surface area contributed by atoms with Crippen LogP contribution in [0.4, 0.5) is 4.79 Å². The number of ether oxygens (including phenoxy) is 2. The van der Waals surface area contributed by atoms with Gasteiger partial charge in [0.1, 0.15) is 5.60 Å². The summed E-state index contributed by atoms with van der Waals surface area (Å²) in [5.41, 5.74) is 3.16. The predicted octanol–water partition coefficient (Wildman–Crippen LogP) is 2.29. The monoisotopic (exact) mass is 590 g/mol. The Kier molecular flexibility index (Phi) is 10.8. The third-order valence-electron chi connectivity index (χ3n) is 6.01. The second-order valence-electron chi connectivity index (χ2n) is 10.6. The Bertz CT molecular complexity index is 1290. The number of rotatable bonds is 9. The second-order valence-corrected chi connectivity index (χ2v) is 12.7. The molecule has 2 aromatic rings. The maximum Gasteiger partial charge on any atom is 0.446 e. The number of nitrogens with zero attached hydrogens (tertiary/aromatic N) is 3. The molecule has 3 rings (SSSR count). The van der Waals surface area contributed by atoms with Gasteiger partial charge in [-0.2, -0.15) is 9.37 Å². The molecule has 2 aromatic carbocycles. The molecule has 2 amide bonds. The fourth-order valence-corrected chi connectivity index (χ4v) is 5.03. The van der Waals surface area contributed by atoms with Crippen molar-refractivity contribution in [2.45, 2.75) is 50.7 Å². The highest BCUT2D eigenvalue weighted by Gasteiger charge is 2.38. The molecule has 224 valence electrons. The summed E-state index contributed by atoms with van der Waals surface area (Å²) in [5, 5.41) is 2.17. The number of nitrogens with one attached hydrogen (secondary N) is 1. The van der Waals surface area contributed by atoms with Gasteiger partial charge < -0.3 is 14.3 Å². The number of hydrogen-bond donors (Lipinski definition) is 1. The van der Waals surface area contributed by atoms with Gasteiger partial charge in [-0.3, -0.25) is 10.2 Å². The molecule has 41 heavy (non-hydrogen) atoms. The van der Waals surface area contributed by atoms with Gasteiger partial charge in [0, 0.05) is 26.6 Å². The van der Waals surface area contributed by atoms with Gasteiger partial charge in [-0.1, -0.05) is 48.0 Å². The molecule has 1 fully saturated rings. The first kappa shape index (κ1) is 32.0. The van der Waals surface area contributed by atoms with Crippen molar-refractivity contribution in [2.75, 3.05) is 39.9 Å². The van der Waals surface area contributed by atoms with Gasteiger partial charge in [-0.15, -0.1) is 0 Å². The van der Waals surface area contributed by atoms with E-state index >= 15 is 0 Å². The van der Waals surface area contributed by atoms with Crippen molar-refractivity contribution in [1.29, 1.82) is 0 Å². The number of esters is 1. The van der Waals surface area contributed by atoms with Crippen molar-refractivity contribution >= 4 is 28.0 Å². The first-order chi connectivity index (χ1) is 19.3. The molecule has 0 unspecified atom stereocenters. The van der Waals surface area contributed by atoms with Crippen molar-refractivity contribution in [2.24, 2.45) is 0 Å². The zero-order valence-electron chi connectivity index (χ0n) is 24.0. The Labute approximate surface area is 241 Å². The van der Waals surface area contributed by atoms with E-state index in [1.165, 1.54) is 19.2 Å². The lowest BCUT2D eigenvalue weighted by molar-refractivity contribution is -0.194. The lowest BCUT2D eigenvalue weighted by atomic mass is 10.1. The molecule has 1 saturated heterocycles. The van der Waals surface area contributed by atoms with Gasteiger partial charge in [0.05, 0.1) is 24.7 Å². The van der Waals surface area contributed by atoms with Gasteiger partial charge in [-0.25, -0.2) is 23.0 Å². The van der Waals surface area contributed by atoms with Crippen LogP contribution in [0.2, 0.25) is 0 Å². The fourth-order valence-electron chi connectivity index (χ4n) is 3.91. The Morgan fingerprint density at radius 3 is 2.22 bits per heavy atom. The summed E-state index contributed by atoms with van der Waals surface area (Å²) < 4.78 is 38.1. The van der Waals surface area contributed by atoms with Crippen molar-refractivity contribution in [1.82, 2.24) is 19.8 Å². The van der Waals surface area contributed by atoms with Crippen LogP contribution in [-0.4, -0.2) is 92.3 Å². The molecule has 0 bridgehead atoms. The maximum atomic E-state index is 13.7. The Morgan fingerprint density at radius 2 is 1.63 bits per heavy atom. The van der Waals surface area contributed by atoms with Crippen molar-refractivity contribution in [3.05, 3.63) is 65.7 Å². The van der Waals surface area contributed by atoms with E-state index in [4.69, 9.17) is 14.3 Å². The van der Waals surface area contributed by atoms with E-state index in [0.29, 0.717) is 36.9 Å². The number of carbonyl (C=O) groups excluding carboxylic acids is 3. The molecular formula is C28H38N4O8S. The second kappa shape index (κ2) is 13.9. The summed E-state index contributed by atoms with van der Waals surface area (Å²) in [6, 6.07) is 13.6. The molecule has 0 aliphatic carbocycles. The van der Waals surface area contributed by atoms with Crippen LogP contribution in [0.1, 0.15) is 31.9 Å². The summed E-state index contributed by atoms with van der Waals surface area (Å²) in [7, 11) is -2.84. The van der Waals surface area contributed by atoms with E-state index in [1.54, 1.807) is 68.2 Å². The van der Waals surface area contributed by atoms with Gasteiger partial charge in [-0.05, 0) is 45.4 Å². The van der Waals surface area contributed by atoms with E-state index in [2.05, 4.69) is 5.43 Å². The van der Waals surface area contributed by atoms with E-state index in [9.17, 15) is 22.8 Å². The van der Waals surface area contributed by atoms with Gasteiger partial charge in [0.2, 0.25) is 10.0 Å². The van der Waals surface area contributed by atoms with Crippen LogP contribution in [0.25, 0.3) is 0 Å². The van der Waals surface area contributed by atoms with E-state index < -0.39 is 46.2 Å². The number of sulfonamides is 1. The summed E-state index contributed by atoms with van der Waals surface area (Å²) in [6.45, 7) is 7.68. The molecule has 0 spiro atoms. The highest BCUT2D eigenvalue weighted by molar-refractivity contribution is 7.89. The number of hydroxylamine groups is 2. The number of hydrazine groups is 1. The summed E-state index contributed by atoms with van der Waals surface area (Å²) in [5.74, 6) is -1.76. The van der Waals surface area contributed by atoms with E-state index in [1.807, 2.05) is 6.92 Å². The zero-order valence-corrected chi connectivity index (χ0v) is 24.8. The lowest BCUT2D eigenvalue weighted by Gasteiger charge is -2.33. The number of morpholine rings is 1. The first-order valence-corrected chi connectivity index (χ1v) is 14.6. The van der Waals surface area contributed by atoms with Crippen LogP contribution in [0.5, 0.6) is 0 Å². The molecule has 1 atom stereocenters. The van der Waals surface area contributed by atoms with E-state index in [0.717, 1.165) is 9.87 Å². The average molecular weight is 591 g/mol. The molecular weight excluding hydrogens is 552 g/mol. The maximum absolute atomic E-state index is 13.7. The van der Waals surface area contributed by atoms with Crippen molar-refractivity contribution < 1.29 is 37.1 Å². The molecule has 12 nitrogen and oxygen atoms in total. The lowest BCUT2D eigenvalue weighted by Crippen LogP contribution is -2.55. The predicted molar refractivity (Wildman–Crippen MR) is 150 cm³/mol. The number of aryl methyl sites for hydroxylation is 1. The highest BCUT2D eigenvalue weighted by atomic mass is 32.2. The van der Waals surface area contributed by atoms with Crippen LogP contribution in [0.15, 0.2) is 59.5 Å². The minimum absolute atomic E-state index is 0.0103. The topological polar surface area (TPSA) is 135 Å². The fraction of sp³-hybridized carbons (Fsp3) is 0.464. The minimum atomic E-state index is -4.08. The van der Waals surface area contributed by atoms with E-state index in [-0.39, 0.29) is 11.3 Å². The average Bonchev–Trinajstić information content (AvgIpc) is 2.91. The molecule has 1 aliphatic heterocycles. The summed E-state index contributed by atoms with van der Waals surface area (Å²) >= 11 is 0. The number of carbonyl (C=O) groups is 3. The largest absolute Gasteiger partial charge is 0.458 e. The third kappa shape index (κ3) is 9.52. The smallest absolute Gasteiger partial charge is 0.446 e. The molecule has 1 heterocycles. The quantitative estimate of drug-likeness (QED) is 0.345. The molecule has 1 N–H and O–H groups in total. The molecule has 0 saturated carbocycles. The number of hydrogen-bond acceptors (Lipinski definition) is 9. The van der Waals surface area contributed by atoms with Gasteiger partial charge in [0.15, 0.2) is 6.04 Å². The standard InChI is InChI=1S/C28H38N4O8S/c1-21-11-13-23(14-12-21)41(36,37)30(5)20-25(33)32(40-27(35)29-31-15-17-38-18-16-31)24(26(34)39-28(2,3)4)19-22-9-7-6-8-10-22/h6-14,24H,15-20H2,1-5H3,(H,29,35)/t24-/m0/s1. The number of benzene rings is 2. The normalized spacial score (nSPS) is 15.2. The van der Waals surface area contributed by atoms with Crippen molar-refractivity contribution in [3.8, 4) is 0 Å². The summed E-state index contributed by atoms with van der Waals surface area (Å²) in [4.78, 5) is 45.5. The Morgan fingerprint density at radius 1 is 1.02 bits per heavy atom. The minimum Gasteiger partial charge on any atom is -0.458 e. The third-order valence-corrected chi connectivity index (χ3v) is 7.83. The molecule has 13 heteroatoms. The Balaban J connectivity index is 1.92. The number of likely N-dealkylation sites (N-methyl/N-ethyl adjacent to an activating group) is 1. The van der Waals surface area contributed by atoms with Crippen LogP contribution in [0.3, 0.4) is 0 Å². The van der Waals surface area contributed by atoms with Gasteiger partial charge in [0.25, 0.3) is 5.91 Å². The molecule has 0 aromatic heterocycles. The molecule has 0 radical (unpaired) electrons. The van der Waals surface area contributed by atoms with Crippen molar-refractivity contribution in [3.63, 3.8) is 0 Å². The summed E-state index contributed by atoms with van der Waals surface area (Å²) in [6.07, 6.45) is -1.08. The number of amides is 2. The van der Waals surface area contributed by atoms with Crippen LogP contribution < -0.4 is 5.43 Å². The van der Waals surface area contributed by atoms with Crippen LogP contribution in [0, 0.1) is 6.92 Å². The van der Waals surface area contributed by atoms with Crippen LogP contribution in [-0.2, 0) is 40.3 Å². The zero-order chi connectivity index (χ0) is 30.2. The van der Waals surface area contributed by atoms with Crippen LogP contribution >= 0.6 is 0 Å².